The Morgan fingerprint density at radius 1 is 1.36 bits per heavy atom. The monoisotopic (exact) mass is 322 g/mol. The van der Waals surface area contributed by atoms with E-state index >= 15 is 0 Å². The van der Waals surface area contributed by atoms with Crippen molar-refractivity contribution < 1.29 is 12.8 Å². The minimum Gasteiger partial charge on any atom is -0.295 e. The molecule has 0 bridgehead atoms. The van der Waals surface area contributed by atoms with Crippen molar-refractivity contribution in [1.29, 1.82) is 0 Å². The Kier molecular flexibility index (Phi) is 4.14. The molecule has 1 fully saturated rings. The van der Waals surface area contributed by atoms with Gasteiger partial charge in [-0.25, -0.2) is 12.8 Å². The van der Waals surface area contributed by atoms with Gasteiger partial charge in [0.15, 0.2) is 9.84 Å². The second-order valence-corrected chi connectivity index (χ2v) is 8.20. The van der Waals surface area contributed by atoms with Crippen molar-refractivity contribution in [3.05, 3.63) is 41.8 Å². The lowest BCUT2D eigenvalue weighted by atomic mass is 10.1. The van der Waals surface area contributed by atoms with Crippen molar-refractivity contribution in [2.45, 2.75) is 25.9 Å². The third kappa shape index (κ3) is 3.28. The molecule has 1 unspecified atom stereocenters. The van der Waals surface area contributed by atoms with Gasteiger partial charge in [0.2, 0.25) is 0 Å². The number of benzene rings is 1. The number of hydrogen-bond acceptors (Lipinski definition) is 4. The van der Waals surface area contributed by atoms with Crippen molar-refractivity contribution >= 4 is 20.7 Å². The highest BCUT2D eigenvalue weighted by atomic mass is 32.2. The molecule has 1 atom stereocenters. The van der Waals surface area contributed by atoms with Crippen molar-refractivity contribution in [2.24, 2.45) is 0 Å². The average Bonchev–Trinajstić information content (AvgIpc) is 2.60. The molecule has 2 heterocycles. The lowest BCUT2D eigenvalue weighted by molar-refractivity contribution is 0.213. The lowest BCUT2D eigenvalue weighted by Gasteiger charge is -2.26. The summed E-state index contributed by atoms with van der Waals surface area (Å²) < 4.78 is 37.4. The fraction of sp³-hybridized carbons (Fsp3) is 0.438. The maximum atomic E-state index is 13.8. The van der Waals surface area contributed by atoms with Crippen molar-refractivity contribution in [3.63, 3.8) is 0 Å². The van der Waals surface area contributed by atoms with Gasteiger partial charge in [0.25, 0.3) is 0 Å². The zero-order valence-corrected chi connectivity index (χ0v) is 13.3. The molecule has 0 aliphatic carbocycles. The average molecular weight is 322 g/mol. The van der Waals surface area contributed by atoms with Crippen LogP contribution in [0.15, 0.2) is 30.5 Å². The van der Waals surface area contributed by atoms with Gasteiger partial charge in [-0.3, -0.25) is 9.88 Å². The van der Waals surface area contributed by atoms with Crippen LogP contribution in [0.25, 0.3) is 10.9 Å². The van der Waals surface area contributed by atoms with Crippen LogP contribution in [0.2, 0.25) is 0 Å². The van der Waals surface area contributed by atoms with E-state index in [4.69, 9.17) is 0 Å². The molecule has 118 valence electrons. The van der Waals surface area contributed by atoms with E-state index in [1.807, 2.05) is 13.0 Å². The van der Waals surface area contributed by atoms with Crippen molar-refractivity contribution in [1.82, 2.24) is 9.88 Å². The fourth-order valence-electron chi connectivity index (χ4n) is 2.91. The first-order chi connectivity index (χ1) is 10.4. The highest BCUT2D eigenvalue weighted by Gasteiger charge is 2.25. The normalized spacial score (nSPS) is 22.5. The second kappa shape index (κ2) is 5.93. The smallest absolute Gasteiger partial charge is 0.151 e. The molecule has 1 saturated heterocycles. The molecule has 0 N–H and O–H groups in total. The van der Waals surface area contributed by atoms with E-state index in [9.17, 15) is 12.8 Å². The lowest BCUT2D eigenvalue weighted by Crippen LogP contribution is -2.33. The number of rotatable bonds is 2. The number of fused-ring (bicyclic) bond motifs is 1. The number of halogens is 1. The van der Waals surface area contributed by atoms with Crippen molar-refractivity contribution in [2.75, 3.05) is 18.1 Å². The largest absolute Gasteiger partial charge is 0.295 e. The van der Waals surface area contributed by atoms with Gasteiger partial charge in [-0.05, 0) is 37.1 Å². The molecule has 1 aliphatic heterocycles. The predicted molar refractivity (Wildman–Crippen MR) is 84.8 cm³/mol. The Bertz CT molecular complexity index is 792. The van der Waals surface area contributed by atoms with E-state index in [-0.39, 0.29) is 23.4 Å². The summed E-state index contributed by atoms with van der Waals surface area (Å²) in [5.41, 5.74) is 1.59. The van der Waals surface area contributed by atoms with E-state index < -0.39 is 9.84 Å². The summed E-state index contributed by atoms with van der Waals surface area (Å²) >= 11 is 0. The van der Waals surface area contributed by atoms with E-state index in [2.05, 4.69) is 9.88 Å². The Labute approximate surface area is 129 Å². The Balaban J connectivity index is 1.92. The molecular formula is C16H19FN2O2S. The SMILES string of the molecule is CC1CCS(=O)(=O)CCN1Cc1cc(F)cc2cccnc12. The highest BCUT2D eigenvalue weighted by Crippen LogP contribution is 2.22. The minimum absolute atomic E-state index is 0.152. The summed E-state index contributed by atoms with van der Waals surface area (Å²) in [7, 11) is -2.96. The molecule has 3 rings (SSSR count). The van der Waals surface area contributed by atoms with Crippen molar-refractivity contribution in [3.8, 4) is 0 Å². The zero-order valence-electron chi connectivity index (χ0n) is 12.5. The highest BCUT2D eigenvalue weighted by molar-refractivity contribution is 7.91. The molecular weight excluding hydrogens is 303 g/mol. The standard InChI is InChI=1S/C16H19FN2O2S/c1-12-4-7-22(20,21)8-6-19(12)11-14-10-15(17)9-13-3-2-5-18-16(13)14/h2-3,5,9-10,12H,4,6-8,11H2,1H3. The maximum absolute atomic E-state index is 13.8. The van der Waals surface area contributed by atoms with Gasteiger partial charge < -0.3 is 0 Å². The molecule has 1 aromatic heterocycles. The van der Waals surface area contributed by atoms with Gasteiger partial charge in [-0.1, -0.05) is 6.07 Å². The Morgan fingerprint density at radius 2 is 2.18 bits per heavy atom. The summed E-state index contributed by atoms with van der Waals surface area (Å²) in [5.74, 6) is 0.107. The third-order valence-electron chi connectivity index (χ3n) is 4.28. The van der Waals surface area contributed by atoms with Crippen LogP contribution in [0, 0.1) is 5.82 Å². The fourth-order valence-corrected chi connectivity index (χ4v) is 4.33. The van der Waals surface area contributed by atoms with E-state index in [1.165, 1.54) is 12.1 Å². The predicted octanol–water partition coefficient (Wildman–Crippen LogP) is 2.38. The summed E-state index contributed by atoms with van der Waals surface area (Å²) in [6.45, 7) is 3.02. The molecule has 1 aliphatic rings. The van der Waals surface area contributed by atoms with Crippen LogP contribution in [0.5, 0.6) is 0 Å². The van der Waals surface area contributed by atoms with Crippen LogP contribution in [-0.2, 0) is 16.4 Å². The van der Waals surface area contributed by atoms with Gasteiger partial charge >= 0.3 is 0 Å². The quantitative estimate of drug-likeness (QED) is 0.852. The minimum atomic E-state index is -2.96. The molecule has 2 aromatic rings. The van der Waals surface area contributed by atoms with Crippen LogP contribution in [0.1, 0.15) is 18.9 Å². The van der Waals surface area contributed by atoms with E-state index in [1.54, 1.807) is 12.3 Å². The Hall–Kier alpha value is -1.53. The van der Waals surface area contributed by atoms with E-state index in [0.717, 1.165) is 16.5 Å². The first-order valence-electron chi connectivity index (χ1n) is 7.42. The number of hydrogen-bond donors (Lipinski definition) is 0. The van der Waals surface area contributed by atoms with Crippen LogP contribution in [0.4, 0.5) is 4.39 Å². The number of aromatic nitrogens is 1. The van der Waals surface area contributed by atoms with Crippen LogP contribution >= 0.6 is 0 Å². The topological polar surface area (TPSA) is 50.3 Å². The molecule has 22 heavy (non-hydrogen) atoms. The first kappa shape index (κ1) is 15.4. The van der Waals surface area contributed by atoms with Crippen LogP contribution < -0.4 is 0 Å². The first-order valence-corrected chi connectivity index (χ1v) is 9.24. The summed E-state index contributed by atoms with van der Waals surface area (Å²) in [6, 6.07) is 6.75. The third-order valence-corrected chi connectivity index (χ3v) is 5.94. The summed E-state index contributed by atoms with van der Waals surface area (Å²) in [4.78, 5) is 6.46. The molecule has 0 radical (unpaired) electrons. The molecule has 0 saturated carbocycles. The molecule has 0 spiro atoms. The van der Waals surface area contributed by atoms with Gasteiger partial charge in [0.05, 0.1) is 17.0 Å². The molecule has 4 nitrogen and oxygen atoms in total. The molecule has 6 heteroatoms. The maximum Gasteiger partial charge on any atom is 0.151 e. The molecule has 0 amide bonds. The van der Waals surface area contributed by atoms with Gasteiger partial charge in [-0.2, -0.15) is 0 Å². The zero-order chi connectivity index (χ0) is 15.7. The molecule has 1 aromatic carbocycles. The Morgan fingerprint density at radius 3 is 3.00 bits per heavy atom. The summed E-state index contributed by atoms with van der Waals surface area (Å²) in [5, 5.41) is 0.771. The number of nitrogens with zero attached hydrogens (tertiary/aromatic N) is 2. The number of pyridine rings is 1. The van der Waals surface area contributed by atoms with Gasteiger partial charge in [-0.15, -0.1) is 0 Å². The van der Waals surface area contributed by atoms with E-state index in [0.29, 0.717) is 19.5 Å². The number of sulfone groups is 1. The van der Waals surface area contributed by atoms with Gasteiger partial charge in [0, 0.05) is 30.7 Å². The van der Waals surface area contributed by atoms with Crippen LogP contribution in [-0.4, -0.2) is 42.4 Å². The van der Waals surface area contributed by atoms with Gasteiger partial charge in [0.1, 0.15) is 5.82 Å². The second-order valence-electron chi connectivity index (χ2n) is 5.90. The summed E-state index contributed by atoms with van der Waals surface area (Å²) in [6.07, 6.45) is 2.31. The van der Waals surface area contributed by atoms with Crippen LogP contribution in [0.3, 0.4) is 0 Å².